The van der Waals surface area contributed by atoms with E-state index in [1.807, 2.05) is 7.05 Å². The fraction of sp³-hybridized carbons (Fsp3) is 0.650. The predicted octanol–water partition coefficient (Wildman–Crippen LogP) is 3.75. The molecule has 2 fully saturated rings. The molecule has 1 unspecified atom stereocenters. The van der Waals surface area contributed by atoms with E-state index in [1.54, 1.807) is 0 Å². The van der Waals surface area contributed by atoms with Crippen LogP contribution in [0.3, 0.4) is 0 Å². The minimum Gasteiger partial charge on any atom is -0.356 e. The van der Waals surface area contributed by atoms with Crippen LogP contribution in [0.15, 0.2) is 29.3 Å². The highest BCUT2D eigenvalue weighted by atomic mass is 127. The van der Waals surface area contributed by atoms with Crippen LogP contribution in [-0.2, 0) is 13.1 Å². The van der Waals surface area contributed by atoms with Gasteiger partial charge in [0.25, 0.3) is 0 Å². The summed E-state index contributed by atoms with van der Waals surface area (Å²) in [5.74, 6) is 1.78. The average molecular weight is 456 g/mol. The lowest BCUT2D eigenvalue weighted by molar-refractivity contribution is 0.152. The fourth-order valence-electron chi connectivity index (χ4n) is 3.46. The molecule has 0 bridgehead atoms. The Kier molecular flexibility index (Phi) is 8.49. The summed E-state index contributed by atoms with van der Waals surface area (Å²) in [6.07, 6.45) is 6.77. The van der Waals surface area contributed by atoms with E-state index in [0.29, 0.717) is 6.04 Å². The molecule has 1 aliphatic carbocycles. The zero-order chi connectivity index (χ0) is 16.8. The maximum atomic E-state index is 4.34. The maximum Gasteiger partial charge on any atom is 0.191 e. The quantitative estimate of drug-likeness (QED) is 0.389. The molecule has 1 aromatic rings. The van der Waals surface area contributed by atoms with Crippen LogP contribution < -0.4 is 10.6 Å². The lowest BCUT2D eigenvalue weighted by atomic mass is 10.0. The summed E-state index contributed by atoms with van der Waals surface area (Å²) < 4.78 is 0. The molecule has 140 valence electrons. The number of nitrogens with zero attached hydrogens (tertiary/aromatic N) is 2. The van der Waals surface area contributed by atoms with Gasteiger partial charge in [0, 0.05) is 32.7 Å². The van der Waals surface area contributed by atoms with Gasteiger partial charge < -0.3 is 10.6 Å². The van der Waals surface area contributed by atoms with Gasteiger partial charge in [0.05, 0.1) is 0 Å². The van der Waals surface area contributed by atoms with Crippen molar-refractivity contribution in [2.75, 3.05) is 20.1 Å². The third-order valence-electron chi connectivity index (χ3n) is 5.36. The number of hydrogen-bond acceptors (Lipinski definition) is 2. The number of likely N-dealkylation sites (tertiary alicyclic amines) is 1. The van der Waals surface area contributed by atoms with Gasteiger partial charge in [-0.15, -0.1) is 24.0 Å². The Bertz CT molecular complexity index is 556. The third-order valence-corrected chi connectivity index (χ3v) is 5.36. The summed E-state index contributed by atoms with van der Waals surface area (Å²) in [7, 11) is 1.85. The van der Waals surface area contributed by atoms with E-state index in [9.17, 15) is 0 Å². The van der Waals surface area contributed by atoms with Crippen molar-refractivity contribution in [2.45, 2.75) is 58.2 Å². The average Bonchev–Trinajstić information content (AvgIpc) is 3.43. The molecule has 1 atom stereocenters. The molecule has 1 saturated carbocycles. The van der Waals surface area contributed by atoms with Crippen molar-refractivity contribution < 1.29 is 0 Å². The first-order valence-corrected chi connectivity index (χ1v) is 9.51. The lowest BCUT2D eigenvalue weighted by Crippen LogP contribution is -2.39. The van der Waals surface area contributed by atoms with Crippen molar-refractivity contribution >= 4 is 29.9 Å². The molecular formula is C20H33IN4. The molecule has 1 aliphatic heterocycles. The van der Waals surface area contributed by atoms with Crippen molar-refractivity contribution in [3.8, 4) is 0 Å². The lowest BCUT2D eigenvalue weighted by Gasteiger charge is -2.33. The van der Waals surface area contributed by atoms with Crippen molar-refractivity contribution in [1.29, 1.82) is 0 Å². The van der Waals surface area contributed by atoms with Gasteiger partial charge >= 0.3 is 0 Å². The summed E-state index contributed by atoms with van der Waals surface area (Å²) in [6, 6.07) is 9.52. The van der Waals surface area contributed by atoms with Gasteiger partial charge in [0.15, 0.2) is 5.96 Å². The minimum absolute atomic E-state index is 0. The standard InChI is InChI=1S/C20H32N4.HI/c1-16-7-5-6-12-24(16)15-19-9-4-3-8-18(19)14-23-20(21-2)22-13-17-10-11-17;/h3-4,8-9,16-17H,5-7,10-15H2,1-2H3,(H2,21,22,23);1H. The van der Waals surface area contributed by atoms with Crippen LogP contribution in [0.2, 0.25) is 0 Å². The van der Waals surface area contributed by atoms with E-state index in [-0.39, 0.29) is 24.0 Å². The molecule has 3 rings (SSSR count). The first-order chi connectivity index (χ1) is 11.8. The van der Waals surface area contributed by atoms with E-state index in [2.05, 4.69) is 51.7 Å². The number of benzene rings is 1. The molecule has 1 heterocycles. The molecule has 1 aromatic carbocycles. The molecule has 0 radical (unpaired) electrons. The van der Waals surface area contributed by atoms with E-state index in [1.165, 1.54) is 49.8 Å². The van der Waals surface area contributed by atoms with Gasteiger partial charge in [-0.1, -0.05) is 30.7 Å². The van der Waals surface area contributed by atoms with Gasteiger partial charge in [0.1, 0.15) is 0 Å². The monoisotopic (exact) mass is 456 g/mol. The van der Waals surface area contributed by atoms with Crippen molar-refractivity contribution in [2.24, 2.45) is 10.9 Å². The normalized spacial score (nSPS) is 21.5. The number of piperidine rings is 1. The van der Waals surface area contributed by atoms with Gasteiger partial charge in [-0.2, -0.15) is 0 Å². The first kappa shape index (κ1) is 20.5. The number of nitrogens with one attached hydrogen (secondary N) is 2. The number of guanidine groups is 1. The van der Waals surface area contributed by atoms with Crippen LogP contribution in [0, 0.1) is 5.92 Å². The Morgan fingerprint density at radius 1 is 1.12 bits per heavy atom. The van der Waals surface area contributed by atoms with Crippen molar-refractivity contribution in [3.63, 3.8) is 0 Å². The van der Waals surface area contributed by atoms with Crippen molar-refractivity contribution in [3.05, 3.63) is 35.4 Å². The van der Waals surface area contributed by atoms with Crippen LogP contribution >= 0.6 is 24.0 Å². The van der Waals surface area contributed by atoms with E-state index >= 15 is 0 Å². The zero-order valence-electron chi connectivity index (χ0n) is 15.6. The SMILES string of the molecule is CN=C(NCc1ccccc1CN1CCCCC1C)NCC1CC1.I. The largest absolute Gasteiger partial charge is 0.356 e. The molecule has 4 nitrogen and oxygen atoms in total. The summed E-state index contributed by atoms with van der Waals surface area (Å²) in [5.41, 5.74) is 2.82. The van der Waals surface area contributed by atoms with E-state index in [0.717, 1.165) is 31.5 Å². The number of halogens is 1. The summed E-state index contributed by atoms with van der Waals surface area (Å²) in [4.78, 5) is 6.97. The highest BCUT2D eigenvalue weighted by Gasteiger charge is 2.21. The second-order valence-electron chi connectivity index (χ2n) is 7.33. The highest BCUT2D eigenvalue weighted by Crippen LogP contribution is 2.27. The Labute approximate surface area is 169 Å². The molecule has 1 saturated heterocycles. The van der Waals surface area contributed by atoms with Crippen LogP contribution in [0.25, 0.3) is 0 Å². The molecular weight excluding hydrogens is 423 g/mol. The molecule has 2 N–H and O–H groups in total. The molecule has 0 amide bonds. The minimum atomic E-state index is 0. The third kappa shape index (κ3) is 6.44. The second kappa shape index (κ2) is 10.4. The number of rotatable bonds is 6. The van der Waals surface area contributed by atoms with Gasteiger partial charge in [-0.3, -0.25) is 9.89 Å². The summed E-state index contributed by atoms with van der Waals surface area (Å²) in [6.45, 7) is 6.54. The van der Waals surface area contributed by atoms with E-state index < -0.39 is 0 Å². The van der Waals surface area contributed by atoms with Gasteiger partial charge in [-0.25, -0.2) is 0 Å². The van der Waals surface area contributed by atoms with E-state index in [4.69, 9.17) is 0 Å². The Balaban J connectivity index is 0.00000225. The number of hydrogen-bond donors (Lipinski definition) is 2. The van der Waals surface area contributed by atoms with Crippen LogP contribution in [0.1, 0.15) is 50.2 Å². The second-order valence-corrected chi connectivity index (χ2v) is 7.33. The topological polar surface area (TPSA) is 39.7 Å². The molecule has 25 heavy (non-hydrogen) atoms. The predicted molar refractivity (Wildman–Crippen MR) is 117 cm³/mol. The molecule has 5 heteroatoms. The van der Waals surface area contributed by atoms with Crippen LogP contribution in [0.4, 0.5) is 0 Å². The number of aliphatic imine (C=N–C) groups is 1. The van der Waals surface area contributed by atoms with Crippen LogP contribution in [-0.4, -0.2) is 37.0 Å². The molecule has 0 aromatic heterocycles. The van der Waals surface area contributed by atoms with Gasteiger partial charge in [0.2, 0.25) is 0 Å². The summed E-state index contributed by atoms with van der Waals surface area (Å²) in [5, 5.41) is 6.92. The van der Waals surface area contributed by atoms with Gasteiger partial charge in [-0.05, 0) is 56.2 Å². The Hall–Kier alpha value is -0.820. The van der Waals surface area contributed by atoms with Crippen LogP contribution in [0.5, 0.6) is 0 Å². The smallest absolute Gasteiger partial charge is 0.191 e. The Morgan fingerprint density at radius 3 is 2.56 bits per heavy atom. The fourth-order valence-corrected chi connectivity index (χ4v) is 3.46. The van der Waals surface area contributed by atoms with Crippen molar-refractivity contribution in [1.82, 2.24) is 15.5 Å². The molecule has 2 aliphatic rings. The first-order valence-electron chi connectivity index (χ1n) is 9.51. The zero-order valence-corrected chi connectivity index (χ0v) is 18.0. The summed E-state index contributed by atoms with van der Waals surface area (Å²) >= 11 is 0. The Morgan fingerprint density at radius 2 is 1.88 bits per heavy atom. The highest BCUT2D eigenvalue weighted by molar-refractivity contribution is 14.0. The molecule has 0 spiro atoms. The maximum absolute atomic E-state index is 4.34.